The lowest BCUT2D eigenvalue weighted by molar-refractivity contribution is -0.146. The molecular formula is C9H15NO5. The summed E-state index contributed by atoms with van der Waals surface area (Å²) < 4.78 is 15.9. The van der Waals surface area contributed by atoms with Gasteiger partial charge in [0.1, 0.15) is 24.4 Å². The van der Waals surface area contributed by atoms with Crippen molar-refractivity contribution >= 4 is 5.91 Å². The fraction of sp³-hybridized carbons (Fsp3) is 0.889. The molecule has 2 aliphatic heterocycles. The van der Waals surface area contributed by atoms with Gasteiger partial charge in [0.15, 0.2) is 6.29 Å². The second-order valence-electron chi connectivity index (χ2n) is 3.80. The molecule has 1 amide bonds. The smallest absolute Gasteiger partial charge is 0.217 e. The van der Waals surface area contributed by atoms with Gasteiger partial charge in [-0.15, -0.1) is 0 Å². The molecule has 5 atom stereocenters. The Bertz CT molecular complexity index is 259. The second-order valence-corrected chi connectivity index (χ2v) is 3.80. The van der Waals surface area contributed by atoms with E-state index in [1.54, 1.807) is 0 Å². The maximum Gasteiger partial charge on any atom is 0.217 e. The van der Waals surface area contributed by atoms with Crippen LogP contribution in [0.25, 0.3) is 0 Å². The molecule has 0 aliphatic carbocycles. The molecule has 0 aromatic carbocycles. The maximum atomic E-state index is 11.0. The minimum absolute atomic E-state index is 0.170. The third-order valence-electron chi connectivity index (χ3n) is 2.70. The summed E-state index contributed by atoms with van der Waals surface area (Å²) in [5.41, 5.74) is 0. The van der Waals surface area contributed by atoms with E-state index in [1.807, 2.05) is 0 Å². The highest BCUT2D eigenvalue weighted by molar-refractivity contribution is 5.73. The van der Waals surface area contributed by atoms with Crippen molar-refractivity contribution in [2.24, 2.45) is 0 Å². The summed E-state index contributed by atoms with van der Waals surface area (Å²) in [7, 11) is 1.49. The first-order valence-electron chi connectivity index (χ1n) is 4.88. The van der Waals surface area contributed by atoms with E-state index in [9.17, 15) is 9.90 Å². The van der Waals surface area contributed by atoms with E-state index in [2.05, 4.69) is 5.32 Å². The normalized spacial score (nSPS) is 44.1. The predicted molar refractivity (Wildman–Crippen MR) is 49.0 cm³/mol. The first-order valence-corrected chi connectivity index (χ1v) is 4.88. The first kappa shape index (κ1) is 10.8. The van der Waals surface area contributed by atoms with Gasteiger partial charge in [-0.2, -0.15) is 0 Å². The van der Waals surface area contributed by atoms with Gasteiger partial charge in [-0.1, -0.05) is 0 Å². The van der Waals surface area contributed by atoms with Crippen LogP contribution in [0, 0.1) is 0 Å². The highest BCUT2D eigenvalue weighted by Gasteiger charge is 2.52. The molecule has 2 saturated heterocycles. The number of hydrogen-bond acceptors (Lipinski definition) is 5. The van der Waals surface area contributed by atoms with E-state index < -0.39 is 18.5 Å². The topological polar surface area (TPSA) is 77.0 Å². The molecule has 0 unspecified atom stereocenters. The molecule has 0 saturated carbocycles. The molecule has 0 spiro atoms. The van der Waals surface area contributed by atoms with Gasteiger partial charge in [0.2, 0.25) is 5.91 Å². The Morgan fingerprint density at radius 1 is 1.53 bits per heavy atom. The Morgan fingerprint density at radius 2 is 2.27 bits per heavy atom. The molecule has 86 valence electrons. The minimum atomic E-state index is -0.647. The van der Waals surface area contributed by atoms with E-state index >= 15 is 0 Å². The number of aliphatic hydroxyl groups excluding tert-OH is 1. The highest BCUT2D eigenvalue weighted by atomic mass is 16.7. The van der Waals surface area contributed by atoms with Crippen molar-refractivity contribution in [1.82, 2.24) is 5.32 Å². The lowest BCUT2D eigenvalue weighted by Gasteiger charge is -2.21. The van der Waals surface area contributed by atoms with Gasteiger partial charge >= 0.3 is 0 Å². The lowest BCUT2D eigenvalue weighted by atomic mass is 10.1. The lowest BCUT2D eigenvalue weighted by Crippen LogP contribution is -2.47. The number of ether oxygens (including phenoxy) is 3. The molecule has 15 heavy (non-hydrogen) atoms. The number of rotatable bonds is 2. The maximum absolute atomic E-state index is 11.0. The Kier molecular flexibility index (Phi) is 2.92. The SMILES string of the molecule is CO[C@H]1O[C@H]2[C@H](OC[C@H]2O)[C@H]1NC(C)=O. The molecule has 2 N–H and O–H groups in total. The number of carbonyl (C=O) groups is 1. The molecule has 0 bridgehead atoms. The van der Waals surface area contributed by atoms with Crippen molar-refractivity contribution in [3.8, 4) is 0 Å². The van der Waals surface area contributed by atoms with Gasteiger partial charge in [0.05, 0.1) is 6.61 Å². The van der Waals surface area contributed by atoms with Crippen molar-refractivity contribution in [3.63, 3.8) is 0 Å². The first-order chi connectivity index (χ1) is 7.13. The Labute approximate surface area is 87.5 Å². The summed E-state index contributed by atoms with van der Waals surface area (Å²) >= 11 is 0. The van der Waals surface area contributed by atoms with Crippen LogP contribution in [0.1, 0.15) is 6.92 Å². The van der Waals surface area contributed by atoms with Crippen LogP contribution in [0.4, 0.5) is 0 Å². The van der Waals surface area contributed by atoms with E-state index in [0.29, 0.717) is 0 Å². The Balaban J connectivity index is 2.09. The molecule has 2 fully saturated rings. The monoisotopic (exact) mass is 217 g/mol. The van der Waals surface area contributed by atoms with E-state index in [4.69, 9.17) is 14.2 Å². The highest BCUT2D eigenvalue weighted by Crippen LogP contribution is 2.31. The van der Waals surface area contributed by atoms with Crippen LogP contribution in [0.15, 0.2) is 0 Å². The standard InChI is InChI=1S/C9H15NO5/c1-4(11)10-6-8-7(5(12)3-14-8)15-9(6)13-2/h5-9,12H,3H2,1-2H3,(H,10,11)/t5-,6-,7-,8-,9+/m1/s1. The fourth-order valence-electron chi connectivity index (χ4n) is 2.08. The average molecular weight is 217 g/mol. The summed E-state index contributed by atoms with van der Waals surface area (Å²) in [5.74, 6) is -0.170. The van der Waals surface area contributed by atoms with Gasteiger partial charge < -0.3 is 24.6 Å². The molecular weight excluding hydrogens is 202 g/mol. The van der Waals surface area contributed by atoms with Gasteiger partial charge in [0, 0.05) is 14.0 Å². The van der Waals surface area contributed by atoms with Gasteiger partial charge in [0.25, 0.3) is 0 Å². The molecule has 0 aromatic rings. The van der Waals surface area contributed by atoms with Gasteiger partial charge in [-0.05, 0) is 0 Å². The van der Waals surface area contributed by atoms with E-state index in [0.717, 1.165) is 0 Å². The number of aliphatic hydroxyl groups is 1. The Hall–Kier alpha value is -0.690. The zero-order valence-electron chi connectivity index (χ0n) is 8.67. The largest absolute Gasteiger partial charge is 0.388 e. The van der Waals surface area contributed by atoms with Crippen molar-refractivity contribution in [1.29, 1.82) is 0 Å². The fourth-order valence-corrected chi connectivity index (χ4v) is 2.08. The van der Waals surface area contributed by atoms with Crippen LogP contribution in [-0.2, 0) is 19.0 Å². The van der Waals surface area contributed by atoms with Crippen LogP contribution in [0.3, 0.4) is 0 Å². The molecule has 2 aliphatic rings. The zero-order chi connectivity index (χ0) is 11.0. The van der Waals surface area contributed by atoms with Crippen LogP contribution >= 0.6 is 0 Å². The average Bonchev–Trinajstić information content (AvgIpc) is 2.68. The third kappa shape index (κ3) is 1.85. The number of nitrogens with one attached hydrogen (secondary N) is 1. The molecule has 0 radical (unpaired) electrons. The van der Waals surface area contributed by atoms with Crippen molar-refractivity contribution < 1.29 is 24.1 Å². The van der Waals surface area contributed by atoms with Crippen LogP contribution in [-0.4, -0.2) is 55.4 Å². The summed E-state index contributed by atoms with van der Waals surface area (Å²) in [6, 6.07) is -0.352. The van der Waals surface area contributed by atoms with Crippen molar-refractivity contribution in [3.05, 3.63) is 0 Å². The summed E-state index contributed by atoms with van der Waals surface area (Å²) in [4.78, 5) is 11.0. The minimum Gasteiger partial charge on any atom is -0.388 e. The number of amides is 1. The second kappa shape index (κ2) is 4.05. The number of carbonyl (C=O) groups excluding carboxylic acids is 1. The van der Waals surface area contributed by atoms with E-state index in [1.165, 1.54) is 14.0 Å². The van der Waals surface area contributed by atoms with Crippen LogP contribution in [0.2, 0.25) is 0 Å². The molecule has 2 rings (SSSR count). The van der Waals surface area contributed by atoms with Crippen molar-refractivity contribution in [2.45, 2.75) is 37.6 Å². The quantitative estimate of drug-likeness (QED) is 0.596. The van der Waals surface area contributed by atoms with Gasteiger partial charge in [-0.25, -0.2) is 0 Å². The van der Waals surface area contributed by atoms with Gasteiger partial charge in [-0.3, -0.25) is 4.79 Å². The van der Waals surface area contributed by atoms with Crippen molar-refractivity contribution in [2.75, 3.05) is 13.7 Å². The summed E-state index contributed by atoms with van der Waals surface area (Å²) in [6.07, 6.45) is -1.94. The predicted octanol–water partition coefficient (Wildman–Crippen LogP) is -1.38. The molecule has 0 aromatic heterocycles. The van der Waals surface area contributed by atoms with Crippen LogP contribution < -0.4 is 5.32 Å². The van der Waals surface area contributed by atoms with Crippen LogP contribution in [0.5, 0.6) is 0 Å². The van der Waals surface area contributed by atoms with E-state index in [-0.39, 0.29) is 24.7 Å². The number of hydrogen-bond donors (Lipinski definition) is 2. The molecule has 6 nitrogen and oxygen atoms in total. The molecule has 6 heteroatoms. The number of methoxy groups -OCH3 is 1. The summed E-state index contributed by atoms with van der Waals surface area (Å²) in [6.45, 7) is 1.66. The molecule has 2 heterocycles. The zero-order valence-corrected chi connectivity index (χ0v) is 8.67. The summed E-state index contributed by atoms with van der Waals surface area (Å²) in [5, 5.41) is 12.3. The number of fused-ring (bicyclic) bond motifs is 1. The Morgan fingerprint density at radius 3 is 2.87 bits per heavy atom. The third-order valence-corrected chi connectivity index (χ3v) is 2.70.